The molecule has 3 saturated heterocycles. The van der Waals surface area contributed by atoms with Gasteiger partial charge in [0, 0.05) is 32.8 Å². The number of methoxy groups -OCH3 is 1. The normalized spacial score (nSPS) is 29.9. The molecule has 136 valence electrons. The molecule has 3 aliphatic heterocycles. The Bertz CT molecular complexity index is 629. The zero-order chi connectivity index (χ0) is 17.3. The van der Waals surface area contributed by atoms with Gasteiger partial charge in [-0.15, -0.1) is 0 Å². The van der Waals surface area contributed by atoms with E-state index >= 15 is 0 Å². The summed E-state index contributed by atoms with van der Waals surface area (Å²) in [4.78, 5) is 17.6. The lowest BCUT2D eigenvalue weighted by Crippen LogP contribution is -2.37. The van der Waals surface area contributed by atoms with E-state index in [9.17, 15) is 4.79 Å². The van der Waals surface area contributed by atoms with Crippen LogP contribution in [0.15, 0.2) is 24.3 Å². The summed E-state index contributed by atoms with van der Waals surface area (Å²) in [6.45, 7) is 6.41. The van der Waals surface area contributed by atoms with E-state index in [0.29, 0.717) is 18.4 Å². The molecule has 25 heavy (non-hydrogen) atoms. The minimum atomic E-state index is -0.141. The second kappa shape index (κ2) is 6.96. The summed E-state index contributed by atoms with van der Waals surface area (Å²) < 4.78 is 10.8. The van der Waals surface area contributed by atoms with E-state index in [-0.39, 0.29) is 5.41 Å². The third-order valence-electron chi connectivity index (χ3n) is 6.08. The number of carbonyl (C=O) groups is 1. The second-order valence-corrected chi connectivity index (χ2v) is 7.82. The fourth-order valence-electron chi connectivity index (χ4n) is 4.62. The summed E-state index contributed by atoms with van der Waals surface area (Å²) in [6, 6.07) is 8.03. The molecule has 1 aromatic rings. The van der Waals surface area contributed by atoms with Crippen molar-refractivity contribution in [2.24, 2.45) is 11.3 Å². The Labute approximate surface area is 149 Å². The number of benzene rings is 1. The maximum Gasteiger partial charge on any atom is 0.230 e. The molecule has 0 saturated carbocycles. The highest BCUT2D eigenvalue weighted by Gasteiger charge is 2.50. The Morgan fingerprint density at radius 1 is 1.32 bits per heavy atom. The molecule has 0 radical (unpaired) electrons. The van der Waals surface area contributed by atoms with Gasteiger partial charge in [-0.25, -0.2) is 0 Å². The SMILES string of the molecule is COc1cccc(CN2CCC3(CCN(CC4CCOC4)C3)C2=O)c1. The van der Waals surface area contributed by atoms with Gasteiger partial charge in [-0.1, -0.05) is 12.1 Å². The van der Waals surface area contributed by atoms with Gasteiger partial charge in [-0.3, -0.25) is 4.79 Å². The minimum absolute atomic E-state index is 0.141. The molecule has 0 aromatic heterocycles. The van der Waals surface area contributed by atoms with Gasteiger partial charge in [-0.05, 0) is 49.4 Å². The molecule has 2 atom stereocenters. The van der Waals surface area contributed by atoms with Crippen molar-refractivity contribution >= 4 is 5.91 Å². The highest BCUT2D eigenvalue weighted by atomic mass is 16.5. The van der Waals surface area contributed by atoms with Crippen LogP contribution in [-0.4, -0.2) is 62.2 Å². The average Bonchev–Trinajstić information content (AvgIpc) is 3.35. The van der Waals surface area contributed by atoms with Crippen LogP contribution in [0.2, 0.25) is 0 Å². The number of amides is 1. The lowest BCUT2D eigenvalue weighted by Gasteiger charge is -2.25. The third-order valence-corrected chi connectivity index (χ3v) is 6.08. The van der Waals surface area contributed by atoms with Crippen molar-refractivity contribution in [3.63, 3.8) is 0 Å². The lowest BCUT2D eigenvalue weighted by atomic mass is 9.85. The summed E-state index contributed by atoms with van der Waals surface area (Å²) in [7, 11) is 1.68. The van der Waals surface area contributed by atoms with Crippen LogP contribution in [0.5, 0.6) is 5.75 Å². The number of hydrogen-bond donors (Lipinski definition) is 0. The minimum Gasteiger partial charge on any atom is -0.497 e. The van der Waals surface area contributed by atoms with Crippen molar-refractivity contribution in [3.8, 4) is 5.75 Å². The molecular weight excluding hydrogens is 316 g/mol. The lowest BCUT2D eigenvalue weighted by molar-refractivity contribution is -0.136. The van der Waals surface area contributed by atoms with Gasteiger partial charge in [0.25, 0.3) is 0 Å². The first-order valence-corrected chi connectivity index (χ1v) is 9.41. The first-order valence-electron chi connectivity index (χ1n) is 9.41. The van der Waals surface area contributed by atoms with E-state index in [4.69, 9.17) is 9.47 Å². The number of likely N-dealkylation sites (tertiary alicyclic amines) is 2. The predicted molar refractivity (Wildman–Crippen MR) is 95.4 cm³/mol. The number of nitrogens with zero attached hydrogens (tertiary/aromatic N) is 2. The Morgan fingerprint density at radius 3 is 3.00 bits per heavy atom. The maximum absolute atomic E-state index is 13.1. The van der Waals surface area contributed by atoms with Crippen LogP contribution in [0.3, 0.4) is 0 Å². The van der Waals surface area contributed by atoms with Crippen LogP contribution in [0, 0.1) is 11.3 Å². The smallest absolute Gasteiger partial charge is 0.230 e. The van der Waals surface area contributed by atoms with Gasteiger partial charge in [-0.2, -0.15) is 0 Å². The topological polar surface area (TPSA) is 42.0 Å². The Hall–Kier alpha value is -1.59. The van der Waals surface area contributed by atoms with E-state index in [1.165, 1.54) is 6.42 Å². The van der Waals surface area contributed by atoms with Gasteiger partial charge >= 0.3 is 0 Å². The molecule has 3 heterocycles. The van der Waals surface area contributed by atoms with Crippen molar-refractivity contribution in [1.29, 1.82) is 0 Å². The Kier molecular flexibility index (Phi) is 4.69. The zero-order valence-electron chi connectivity index (χ0n) is 15.1. The molecule has 1 spiro atoms. The number of rotatable bonds is 5. The van der Waals surface area contributed by atoms with Crippen LogP contribution in [0.25, 0.3) is 0 Å². The van der Waals surface area contributed by atoms with E-state index < -0.39 is 0 Å². The largest absolute Gasteiger partial charge is 0.497 e. The number of hydrogen-bond acceptors (Lipinski definition) is 4. The number of ether oxygens (including phenoxy) is 2. The van der Waals surface area contributed by atoms with E-state index in [0.717, 1.165) is 63.5 Å². The van der Waals surface area contributed by atoms with Gasteiger partial charge in [0.1, 0.15) is 5.75 Å². The quantitative estimate of drug-likeness (QED) is 0.821. The zero-order valence-corrected chi connectivity index (χ0v) is 15.1. The standard InChI is InChI=1S/C20H28N2O3/c1-24-18-4-2-3-16(11-18)13-22-9-7-20(19(22)23)6-8-21(15-20)12-17-5-10-25-14-17/h2-4,11,17H,5-10,12-15H2,1H3. The fraction of sp³-hybridized carbons (Fsp3) is 0.650. The highest BCUT2D eigenvalue weighted by molar-refractivity contribution is 5.85. The van der Waals surface area contributed by atoms with Gasteiger partial charge in [0.05, 0.1) is 19.1 Å². The Morgan fingerprint density at radius 2 is 2.20 bits per heavy atom. The molecule has 0 bridgehead atoms. The van der Waals surface area contributed by atoms with Crippen molar-refractivity contribution in [2.75, 3.05) is 46.5 Å². The van der Waals surface area contributed by atoms with Crippen molar-refractivity contribution in [3.05, 3.63) is 29.8 Å². The molecular formula is C20H28N2O3. The van der Waals surface area contributed by atoms with Crippen molar-refractivity contribution in [1.82, 2.24) is 9.80 Å². The summed E-state index contributed by atoms with van der Waals surface area (Å²) in [6.07, 6.45) is 3.17. The van der Waals surface area contributed by atoms with E-state index in [1.54, 1.807) is 7.11 Å². The summed E-state index contributed by atoms with van der Waals surface area (Å²) in [5.74, 6) is 1.85. The monoisotopic (exact) mass is 344 g/mol. The summed E-state index contributed by atoms with van der Waals surface area (Å²) >= 11 is 0. The van der Waals surface area contributed by atoms with Crippen molar-refractivity contribution in [2.45, 2.75) is 25.8 Å². The fourth-order valence-corrected chi connectivity index (χ4v) is 4.62. The molecule has 1 amide bonds. The van der Waals surface area contributed by atoms with Gasteiger partial charge in [0.15, 0.2) is 0 Å². The molecule has 3 aliphatic rings. The van der Waals surface area contributed by atoms with Crippen LogP contribution < -0.4 is 4.74 Å². The molecule has 3 fully saturated rings. The highest BCUT2D eigenvalue weighted by Crippen LogP contribution is 2.41. The van der Waals surface area contributed by atoms with Gasteiger partial charge in [0.2, 0.25) is 5.91 Å². The van der Waals surface area contributed by atoms with E-state index in [2.05, 4.69) is 11.0 Å². The molecule has 2 unspecified atom stereocenters. The van der Waals surface area contributed by atoms with E-state index in [1.807, 2.05) is 23.1 Å². The molecule has 5 nitrogen and oxygen atoms in total. The molecule has 1 aromatic carbocycles. The predicted octanol–water partition coefficient (Wildman–Crippen LogP) is 2.16. The average molecular weight is 344 g/mol. The second-order valence-electron chi connectivity index (χ2n) is 7.82. The molecule has 5 heteroatoms. The molecule has 0 aliphatic carbocycles. The van der Waals surface area contributed by atoms with Crippen LogP contribution >= 0.6 is 0 Å². The summed E-state index contributed by atoms with van der Waals surface area (Å²) in [5, 5.41) is 0. The van der Waals surface area contributed by atoms with Crippen molar-refractivity contribution < 1.29 is 14.3 Å². The Balaban J connectivity index is 1.37. The maximum atomic E-state index is 13.1. The van der Waals surface area contributed by atoms with Crippen LogP contribution in [-0.2, 0) is 16.1 Å². The van der Waals surface area contributed by atoms with Crippen LogP contribution in [0.4, 0.5) is 0 Å². The first-order chi connectivity index (χ1) is 12.2. The van der Waals surface area contributed by atoms with Gasteiger partial charge < -0.3 is 19.3 Å². The first kappa shape index (κ1) is 16.9. The number of carbonyl (C=O) groups excluding carboxylic acids is 1. The summed E-state index contributed by atoms with van der Waals surface area (Å²) in [5.41, 5.74) is 1.00. The van der Waals surface area contributed by atoms with Crippen LogP contribution in [0.1, 0.15) is 24.8 Å². The molecule has 0 N–H and O–H groups in total. The third kappa shape index (κ3) is 3.40. The molecule has 4 rings (SSSR count).